The smallest absolute Gasteiger partial charge is 0.0620 e. The number of nitrogens with zero attached hydrogens (tertiary/aromatic N) is 4. The zero-order chi connectivity index (χ0) is 7.07. The molecule has 0 saturated carbocycles. The maximum absolute atomic E-state index is 3.51. The Morgan fingerprint density at radius 3 is 1.40 bits per heavy atom. The predicted molar refractivity (Wildman–Crippen MR) is 39.8 cm³/mol. The molecule has 0 spiro atoms. The van der Waals surface area contributed by atoms with E-state index in [0.717, 1.165) is 0 Å². The van der Waals surface area contributed by atoms with Crippen LogP contribution in [0.1, 0.15) is 0 Å². The van der Waals surface area contributed by atoms with E-state index in [1.165, 1.54) is 23.1 Å². The third-order valence-corrected chi connectivity index (χ3v) is 1.43. The fourth-order valence-electron chi connectivity index (χ4n) is 0.272. The minimum absolute atomic E-state index is 1.35. The van der Waals surface area contributed by atoms with E-state index in [0.29, 0.717) is 0 Å². The molecule has 0 amide bonds. The molecule has 52 valence electrons. The molecule has 6 heteroatoms. The maximum atomic E-state index is 3.51. The van der Waals surface area contributed by atoms with Gasteiger partial charge in [-0.15, -0.1) is 10.2 Å². The molecule has 2 rings (SSSR count). The summed E-state index contributed by atoms with van der Waals surface area (Å²) in [5.41, 5.74) is 0. The monoisotopic (exact) mass is 172 g/mol. The van der Waals surface area contributed by atoms with Crippen molar-refractivity contribution in [2.24, 2.45) is 0 Å². The van der Waals surface area contributed by atoms with Crippen LogP contribution >= 0.6 is 23.1 Å². The molecule has 0 aliphatic carbocycles. The van der Waals surface area contributed by atoms with Crippen LogP contribution in [0.4, 0.5) is 0 Å². The van der Waals surface area contributed by atoms with Gasteiger partial charge in [0.05, 0.1) is 12.4 Å². The summed E-state index contributed by atoms with van der Waals surface area (Å²) < 4.78 is 7.03. The molecule has 0 aliphatic rings. The SMILES string of the molecule is c1csnn1.c1csnn1. The second-order valence-electron chi connectivity index (χ2n) is 1.18. The lowest BCUT2D eigenvalue weighted by atomic mass is 11.1. The average molecular weight is 172 g/mol. The molecule has 0 fully saturated rings. The molecule has 0 saturated heterocycles. The Balaban J connectivity index is 0.0000001000. The second kappa shape index (κ2) is 4.95. The van der Waals surface area contributed by atoms with Crippen LogP contribution < -0.4 is 0 Å². The van der Waals surface area contributed by atoms with Crippen LogP contribution in [-0.4, -0.2) is 19.2 Å². The summed E-state index contributed by atoms with van der Waals surface area (Å²) >= 11 is 2.70. The van der Waals surface area contributed by atoms with E-state index in [1.54, 1.807) is 12.4 Å². The lowest BCUT2D eigenvalue weighted by Gasteiger charge is -1.40. The lowest BCUT2D eigenvalue weighted by Crippen LogP contribution is -1.51. The molecule has 0 aromatic carbocycles. The molecule has 0 N–H and O–H groups in total. The Morgan fingerprint density at radius 1 is 0.800 bits per heavy atom. The number of hydrogen-bond donors (Lipinski definition) is 0. The van der Waals surface area contributed by atoms with Gasteiger partial charge in [0.15, 0.2) is 0 Å². The van der Waals surface area contributed by atoms with E-state index in [4.69, 9.17) is 0 Å². The standard InChI is InChI=1S/2C2H2N2S/c2*1-2-5-4-3-1/h2*1-2H. The van der Waals surface area contributed by atoms with Crippen molar-refractivity contribution in [2.75, 3.05) is 0 Å². The molecule has 2 aromatic rings. The molecule has 0 radical (unpaired) electrons. The Morgan fingerprint density at radius 2 is 1.30 bits per heavy atom. The topological polar surface area (TPSA) is 51.6 Å². The summed E-state index contributed by atoms with van der Waals surface area (Å²) in [6.45, 7) is 0. The quantitative estimate of drug-likeness (QED) is 0.596. The number of rotatable bonds is 0. The van der Waals surface area contributed by atoms with E-state index >= 15 is 0 Å². The average Bonchev–Trinajstić information content (AvgIpc) is 2.67. The van der Waals surface area contributed by atoms with E-state index < -0.39 is 0 Å². The van der Waals surface area contributed by atoms with E-state index in [2.05, 4.69) is 19.2 Å². The Labute approximate surface area is 65.9 Å². The zero-order valence-electron chi connectivity index (χ0n) is 4.91. The fourth-order valence-corrected chi connectivity index (χ4v) is 0.816. The van der Waals surface area contributed by atoms with Crippen molar-refractivity contribution in [3.63, 3.8) is 0 Å². The summed E-state index contributed by atoms with van der Waals surface area (Å²) in [7, 11) is 0. The van der Waals surface area contributed by atoms with Gasteiger partial charge >= 0.3 is 0 Å². The van der Waals surface area contributed by atoms with Gasteiger partial charge in [-0.1, -0.05) is 8.98 Å². The molecule has 0 atom stereocenters. The van der Waals surface area contributed by atoms with E-state index in [1.807, 2.05) is 10.8 Å². The third kappa shape index (κ3) is 3.21. The summed E-state index contributed by atoms with van der Waals surface area (Å²) in [5.74, 6) is 0. The second-order valence-corrected chi connectivity index (χ2v) is 2.47. The zero-order valence-corrected chi connectivity index (χ0v) is 6.55. The summed E-state index contributed by atoms with van der Waals surface area (Å²) in [5, 5.41) is 10.6. The van der Waals surface area contributed by atoms with Crippen LogP contribution in [-0.2, 0) is 0 Å². The number of hydrogen-bond acceptors (Lipinski definition) is 6. The first-order chi connectivity index (χ1) is 5.00. The van der Waals surface area contributed by atoms with Gasteiger partial charge in [0, 0.05) is 10.8 Å². The van der Waals surface area contributed by atoms with Crippen LogP contribution in [0.5, 0.6) is 0 Å². The van der Waals surface area contributed by atoms with Gasteiger partial charge in [0.1, 0.15) is 0 Å². The molecule has 0 aliphatic heterocycles. The normalized spacial score (nSPS) is 8.00. The van der Waals surface area contributed by atoms with Crippen molar-refractivity contribution in [3.8, 4) is 0 Å². The van der Waals surface area contributed by atoms with E-state index in [-0.39, 0.29) is 0 Å². The minimum Gasteiger partial charge on any atom is -0.147 e. The van der Waals surface area contributed by atoms with Crippen LogP contribution in [0, 0.1) is 0 Å². The van der Waals surface area contributed by atoms with Crippen LogP contribution in [0.25, 0.3) is 0 Å². The van der Waals surface area contributed by atoms with Gasteiger partial charge in [-0.05, 0) is 23.1 Å². The highest BCUT2D eigenvalue weighted by Crippen LogP contribution is 1.79. The van der Waals surface area contributed by atoms with Gasteiger partial charge in [0.25, 0.3) is 0 Å². The summed E-state index contributed by atoms with van der Waals surface area (Å²) in [6, 6.07) is 0. The molecule has 0 unspecified atom stereocenters. The predicted octanol–water partition coefficient (Wildman–Crippen LogP) is 1.08. The molecule has 4 nitrogen and oxygen atoms in total. The van der Waals surface area contributed by atoms with Gasteiger partial charge < -0.3 is 0 Å². The van der Waals surface area contributed by atoms with Gasteiger partial charge in [-0.25, -0.2) is 0 Å². The third-order valence-electron chi connectivity index (χ3n) is 0.565. The number of aromatic nitrogens is 4. The fraction of sp³-hybridized carbons (Fsp3) is 0. The summed E-state index contributed by atoms with van der Waals surface area (Å²) in [6.07, 6.45) is 3.31. The van der Waals surface area contributed by atoms with Crippen LogP contribution in [0.3, 0.4) is 0 Å². The van der Waals surface area contributed by atoms with Crippen molar-refractivity contribution in [1.29, 1.82) is 0 Å². The Bertz CT molecular complexity index is 154. The van der Waals surface area contributed by atoms with Crippen LogP contribution in [0.2, 0.25) is 0 Å². The molecule has 2 heterocycles. The molecule has 2 aromatic heterocycles. The Hall–Kier alpha value is -0.880. The van der Waals surface area contributed by atoms with E-state index in [9.17, 15) is 0 Å². The molecule has 10 heavy (non-hydrogen) atoms. The van der Waals surface area contributed by atoms with Crippen molar-refractivity contribution in [2.45, 2.75) is 0 Å². The minimum atomic E-state index is 1.35. The first kappa shape index (κ1) is 7.23. The maximum Gasteiger partial charge on any atom is 0.0620 e. The van der Waals surface area contributed by atoms with Crippen molar-refractivity contribution < 1.29 is 0 Å². The van der Waals surface area contributed by atoms with Gasteiger partial charge in [0.2, 0.25) is 0 Å². The van der Waals surface area contributed by atoms with Gasteiger partial charge in [-0.2, -0.15) is 0 Å². The summed E-state index contributed by atoms with van der Waals surface area (Å²) in [4.78, 5) is 0. The first-order valence-corrected chi connectivity index (χ1v) is 4.09. The first-order valence-electron chi connectivity index (χ1n) is 2.42. The molecule has 0 bridgehead atoms. The largest absolute Gasteiger partial charge is 0.147 e. The van der Waals surface area contributed by atoms with Gasteiger partial charge in [-0.3, -0.25) is 0 Å². The lowest BCUT2D eigenvalue weighted by molar-refractivity contribution is 1.16. The molecular weight excluding hydrogens is 168 g/mol. The van der Waals surface area contributed by atoms with Crippen molar-refractivity contribution >= 4 is 23.1 Å². The molecular formula is C4H4N4S2. The van der Waals surface area contributed by atoms with Crippen molar-refractivity contribution in [3.05, 3.63) is 23.2 Å². The Kier molecular flexibility index (Phi) is 3.58. The highest BCUT2D eigenvalue weighted by Gasteiger charge is 1.61. The van der Waals surface area contributed by atoms with Crippen LogP contribution in [0.15, 0.2) is 23.2 Å². The highest BCUT2D eigenvalue weighted by atomic mass is 32.1. The highest BCUT2D eigenvalue weighted by molar-refractivity contribution is 7.03. The van der Waals surface area contributed by atoms with Crippen molar-refractivity contribution in [1.82, 2.24) is 19.2 Å².